The summed E-state index contributed by atoms with van der Waals surface area (Å²) in [4.78, 5) is 11.3. The second kappa shape index (κ2) is 4.49. The number of hydrogen-bond acceptors (Lipinski definition) is 4. The van der Waals surface area contributed by atoms with E-state index < -0.39 is 0 Å². The zero-order chi connectivity index (χ0) is 10.7. The normalized spacial score (nSPS) is 28.5. The first-order valence-electron chi connectivity index (χ1n) is 5.56. The molecule has 2 fully saturated rings. The minimum absolute atomic E-state index is 0.173. The highest BCUT2D eigenvalue weighted by molar-refractivity contribution is 5.70. The summed E-state index contributed by atoms with van der Waals surface area (Å²) in [5.41, 5.74) is -0.245. The van der Waals surface area contributed by atoms with Gasteiger partial charge in [-0.05, 0) is 25.7 Å². The molecule has 2 rings (SSSR count). The van der Waals surface area contributed by atoms with Crippen molar-refractivity contribution < 1.29 is 19.0 Å². The Kier molecular flexibility index (Phi) is 3.26. The fraction of sp³-hybridized carbons (Fsp3) is 0.909. The van der Waals surface area contributed by atoms with Crippen molar-refractivity contribution in [2.24, 2.45) is 0 Å². The summed E-state index contributed by atoms with van der Waals surface area (Å²) in [7, 11) is 1.42. The molecule has 0 radical (unpaired) electrons. The number of methoxy groups -OCH3 is 1. The molecule has 0 spiro atoms. The molecule has 4 nitrogen and oxygen atoms in total. The van der Waals surface area contributed by atoms with Gasteiger partial charge in [-0.3, -0.25) is 4.79 Å². The molecule has 1 saturated carbocycles. The first-order valence-corrected chi connectivity index (χ1v) is 5.56. The van der Waals surface area contributed by atoms with E-state index >= 15 is 0 Å². The van der Waals surface area contributed by atoms with E-state index in [1.807, 2.05) is 0 Å². The third kappa shape index (κ3) is 2.49. The van der Waals surface area contributed by atoms with Crippen LogP contribution in [-0.4, -0.2) is 38.0 Å². The molecule has 86 valence electrons. The van der Waals surface area contributed by atoms with E-state index in [1.54, 1.807) is 0 Å². The van der Waals surface area contributed by atoms with E-state index in [1.165, 1.54) is 7.11 Å². The van der Waals surface area contributed by atoms with Crippen LogP contribution >= 0.6 is 0 Å². The lowest BCUT2D eigenvalue weighted by Gasteiger charge is -2.42. The van der Waals surface area contributed by atoms with Gasteiger partial charge in [0, 0.05) is 6.61 Å². The fourth-order valence-electron chi connectivity index (χ4n) is 2.20. The Labute approximate surface area is 89.9 Å². The predicted molar refractivity (Wildman–Crippen MR) is 53.5 cm³/mol. The maximum absolute atomic E-state index is 11.3. The van der Waals surface area contributed by atoms with Crippen molar-refractivity contribution in [3.8, 4) is 0 Å². The summed E-state index contributed by atoms with van der Waals surface area (Å²) < 4.78 is 15.9. The van der Waals surface area contributed by atoms with E-state index in [4.69, 9.17) is 14.2 Å². The molecule has 0 aromatic heterocycles. The number of ether oxygens (including phenoxy) is 3. The first kappa shape index (κ1) is 10.9. The van der Waals surface area contributed by atoms with Gasteiger partial charge in [0.2, 0.25) is 0 Å². The molecular weight excluding hydrogens is 196 g/mol. The van der Waals surface area contributed by atoms with Crippen LogP contribution in [0, 0.1) is 0 Å². The SMILES string of the molecule is COC(=O)CC1(OC2CCOC2)CCC1. The van der Waals surface area contributed by atoms with Gasteiger partial charge in [0.25, 0.3) is 0 Å². The molecule has 1 atom stereocenters. The molecule has 1 saturated heterocycles. The Balaban J connectivity index is 1.86. The number of hydrogen-bond donors (Lipinski definition) is 0. The summed E-state index contributed by atoms with van der Waals surface area (Å²) in [5.74, 6) is -0.173. The summed E-state index contributed by atoms with van der Waals surface area (Å²) in [6.07, 6.45) is 4.60. The van der Waals surface area contributed by atoms with E-state index in [2.05, 4.69) is 0 Å². The lowest BCUT2D eigenvalue weighted by atomic mass is 9.77. The summed E-state index contributed by atoms with van der Waals surface area (Å²) >= 11 is 0. The average Bonchev–Trinajstić information content (AvgIpc) is 2.66. The highest BCUT2D eigenvalue weighted by atomic mass is 16.6. The van der Waals surface area contributed by atoms with Crippen LogP contribution in [0.2, 0.25) is 0 Å². The molecule has 0 aromatic carbocycles. The second-order valence-corrected chi connectivity index (χ2v) is 4.39. The van der Waals surface area contributed by atoms with Crippen molar-refractivity contribution in [2.75, 3.05) is 20.3 Å². The summed E-state index contributed by atoms with van der Waals surface area (Å²) in [6, 6.07) is 0. The molecule has 0 bridgehead atoms. The van der Waals surface area contributed by atoms with Crippen LogP contribution < -0.4 is 0 Å². The zero-order valence-electron chi connectivity index (χ0n) is 9.16. The van der Waals surface area contributed by atoms with E-state index in [-0.39, 0.29) is 17.7 Å². The third-order valence-corrected chi connectivity index (χ3v) is 3.26. The lowest BCUT2D eigenvalue weighted by molar-refractivity contribution is -0.168. The quantitative estimate of drug-likeness (QED) is 0.661. The number of carbonyl (C=O) groups is 1. The minimum Gasteiger partial charge on any atom is -0.469 e. The van der Waals surface area contributed by atoms with Crippen molar-refractivity contribution in [1.82, 2.24) is 0 Å². The largest absolute Gasteiger partial charge is 0.469 e. The highest BCUT2D eigenvalue weighted by Gasteiger charge is 2.42. The Bertz CT molecular complexity index is 229. The molecule has 0 N–H and O–H groups in total. The van der Waals surface area contributed by atoms with Gasteiger partial charge < -0.3 is 14.2 Å². The van der Waals surface area contributed by atoms with Crippen LogP contribution in [0.3, 0.4) is 0 Å². The van der Waals surface area contributed by atoms with Crippen molar-refractivity contribution in [1.29, 1.82) is 0 Å². The molecule has 1 aliphatic heterocycles. The molecule has 4 heteroatoms. The van der Waals surface area contributed by atoms with Crippen LogP contribution in [0.25, 0.3) is 0 Å². The van der Waals surface area contributed by atoms with Gasteiger partial charge in [-0.25, -0.2) is 0 Å². The molecule has 0 aromatic rings. The number of rotatable bonds is 4. The first-order chi connectivity index (χ1) is 7.24. The Morgan fingerprint density at radius 3 is 2.80 bits per heavy atom. The molecular formula is C11H18O4. The summed E-state index contributed by atoms with van der Waals surface area (Å²) in [6.45, 7) is 1.45. The molecule has 1 aliphatic carbocycles. The monoisotopic (exact) mass is 214 g/mol. The molecule has 15 heavy (non-hydrogen) atoms. The predicted octanol–water partition coefficient (Wildman–Crippen LogP) is 1.28. The van der Waals surface area contributed by atoms with Crippen molar-refractivity contribution in [2.45, 2.75) is 43.8 Å². The number of esters is 1. The van der Waals surface area contributed by atoms with Crippen LogP contribution in [0.1, 0.15) is 32.1 Å². The smallest absolute Gasteiger partial charge is 0.308 e. The van der Waals surface area contributed by atoms with Crippen LogP contribution in [0.15, 0.2) is 0 Å². The maximum atomic E-state index is 11.3. The highest BCUT2D eigenvalue weighted by Crippen LogP contribution is 2.40. The van der Waals surface area contributed by atoms with Crippen molar-refractivity contribution in [3.63, 3.8) is 0 Å². The third-order valence-electron chi connectivity index (χ3n) is 3.26. The molecule has 2 aliphatic rings. The van der Waals surface area contributed by atoms with Gasteiger partial charge in [-0.1, -0.05) is 0 Å². The molecule has 0 amide bonds. The van der Waals surface area contributed by atoms with E-state index in [0.29, 0.717) is 13.0 Å². The average molecular weight is 214 g/mol. The summed E-state index contributed by atoms with van der Waals surface area (Å²) in [5, 5.41) is 0. The minimum atomic E-state index is -0.245. The van der Waals surface area contributed by atoms with Gasteiger partial charge in [-0.2, -0.15) is 0 Å². The van der Waals surface area contributed by atoms with Crippen LogP contribution in [0.5, 0.6) is 0 Å². The standard InChI is InChI=1S/C11H18O4/c1-13-10(12)7-11(4-2-5-11)15-9-3-6-14-8-9/h9H,2-8H2,1H3. The van der Waals surface area contributed by atoms with Gasteiger partial charge in [0.1, 0.15) is 0 Å². The van der Waals surface area contributed by atoms with E-state index in [9.17, 15) is 4.79 Å². The van der Waals surface area contributed by atoms with Gasteiger partial charge in [0.05, 0.1) is 31.8 Å². The Hall–Kier alpha value is -0.610. The Morgan fingerprint density at radius 1 is 1.53 bits per heavy atom. The maximum Gasteiger partial charge on any atom is 0.308 e. The van der Waals surface area contributed by atoms with Crippen molar-refractivity contribution in [3.05, 3.63) is 0 Å². The fourth-order valence-corrected chi connectivity index (χ4v) is 2.20. The Morgan fingerprint density at radius 2 is 2.33 bits per heavy atom. The second-order valence-electron chi connectivity index (χ2n) is 4.39. The van der Waals surface area contributed by atoms with Gasteiger partial charge in [-0.15, -0.1) is 0 Å². The van der Waals surface area contributed by atoms with Gasteiger partial charge in [0.15, 0.2) is 0 Å². The topological polar surface area (TPSA) is 44.8 Å². The van der Waals surface area contributed by atoms with Crippen molar-refractivity contribution >= 4 is 5.97 Å². The molecule has 1 unspecified atom stereocenters. The van der Waals surface area contributed by atoms with Crippen LogP contribution in [0.4, 0.5) is 0 Å². The number of carbonyl (C=O) groups excluding carboxylic acids is 1. The van der Waals surface area contributed by atoms with E-state index in [0.717, 1.165) is 32.3 Å². The van der Waals surface area contributed by atoms with Crippen LogP contribution in [-0.2, 0) is 19.0 Å². The van der Waals surface area contributed by atoms with Gasteiger partial charge >= 0.3 is 5.97 Å². The lowest BCUT2D eigenvalue weighted by Crippen LogP contribution is -2.45. The zero-order valence-corrected chi connectivity index (χ0v) is 9.16. The molecule has 1 heterocycles.